The Kier molecular flexibility index (Phi) is 5.80. The second-order valence-electron chi connectivity index (χ2n) is 8.01. The Bertz CT molecular complexity index is 1160. The third kappa shape index (κ3) is 3.91. The van der Waals surface area contributed by atoms with Crippen molar-refractivity contribution >= 4 is 40.4 Å². The van der Waals surface area contributed by atoms with Gasteiger partial charge in [-0.2, -0.15) is 0 Å². The lowest BCUT2D eigenvalue weighted by Crippen LogP contribution is -2.47. The number of esters is 2. The number of nitrogens with two attached hydrogens (primary N) is 1. The molecule has 2 aromatic heterocycles. The summed E-state index contributed by atoms with van der Waals surface area (Å²) < 4.78 is 18.3. The van der Waals surface area contributed by atoms with Gasteiger partial charge in [-0.15, -0.1) is 0 Å². The maximum absolute atomic E-state index is 12.1. The van der Waals surface area contributed by atoms with Gasteiger partial charge in [0.1, 0.15) is 36.1 Å². The summed E-state index contributed by atoms with van der Waals surface area (Å²) in [7, 11) is 0. The minimum absolute atomic E-state index is 0.0902. The fourth-order valence-corrected chi connectivity index (χ4v) is 4.01. The molecule has 4 rings (SSSR count). The van der Waals surface area contributed by atoms with Crippen molar-refractivity contribution in [3.8, 4) is 0 Å². The number of amides is 1. The van der Waals surface area contributed by atoms with E-state index in [0.717, 1.165) is 0 Å². The van der Waals surface area contributed by atoms with Crippen LogP contribution in [0.3, 0.4) is 0 Å². The van der Waals surface area contributed by atoms with Crippen LogP contribution >= 0.6 is 0 Å². The molecule has 2 aromatic rings. The van der Waals surface area contributed by atoms with Crippen molar-refractivity contribution in [2.75, 3.05) is 11.9 Å². The second-order valence-corrected chi connectivity index (χ2v) is 8.01. The molecular formula is C21H25N5O7. The van der Waals surface area contributed by atoms with E-state index in [0.29, 0.717) is 16.6 Å². The van der Waals surface area contributed by atoms with Crippen LogP contribution in [-0.2, 0) is 28.6 Å². The highest BCUT2D eigenvalue weighted by atomic mass is 16.6. The summed E-state index contributed by atoms with van der Waals surface area (Å²) in [4.78, 5) is 44.2. The molecule has 2 aliphatic rings. The first-order valence-corrected chi connectivity index (χ1v) is 10.5. The molecule has 1 saturated heterocycles. The third-order valence-electron chi connectivity index (χ3n) is 5.66. The fourth-order valence-electron chi connectivity index (χ4n) is 4.01. The maximum Gasteiger partial charge on any atom is 0.305 e. The summed E-state index contributed by atoms with van der Waals surface area (Å²) in [5, 5.41) is 14.6. The van der Waals surface area contributed by atoms with E-state index in [9.17, 15) is 19.5 Å². The molecule has 4 N–H and O–H groups in total. The van der Waals surface area contributed by atoms with Crippen molar-refractivity contribution < 1.29 is 33.7 Å². The van der Waals surface area contributed by atoms with Gasteiger partial charge in [-0.25, -0.2) is 9.97 Å². The Hall–Kier alpha value is -3.51. The van der Waals surface area contributed by atoms with Crippen LogP contribution < -0.4 is 11.1 Å². The molecule has 12 heteroatoms. The van der Waals surface area contributed by atoms with Crippen LogP contribution in [0.4, 0.5) is 5.82 Å². The topological polar surface area (TPSA) is 168 Å². The zero-order valence-corrected chi connectivity index (χ0v) is 18.4. The van der Waals surface area contributed by atoms with Crippen LogP contribution in [0.15, 0.2) is 18.6 Å². The highest BCUT2D eigenvalue weighted by Gasteiger charge is 2.56. The van der Waals surface area contributed by atoms with Crippen LogP contribution in [0, 0.1) is 0 Å². The quantitative estimate of drug-likeness (QED) is 0.520. The molecule has 0 bridgehead atoms. The first-order chi connectivity index (χ1) is 15.7. The molecule has 1 fully saturated rings. The Morgan fingerprint density at radius 1 is 1.30 bits per heavy atom. The predicted octanol–water partition coefficient (Wildman–Crippen LogP) is 0.606. The lowest BCUT2D eigenvalue weighted by molar-refractivity contribution is -0.165. The van der Waals surface area contributed by atoms with E-state index < -0.39 is 41.9 Å². The van der Waals surface area contributed by atoms with E-state index in [1.54, 1.807) is 24.6 Å². The Morgan fingerprint density at radius 2 is 2.03 bits per heavy atom. The summed E-state index contributed by atoms with van der Waals surface area (Å²) >= 11 is 0. The lowest BCUT2D eigenvalue weighted by atomic mass is 9.96. The lowest BCUT2D eigenvalue weighted by Gasteiger charge is -2.30. The van der Waals surface area contributed by atoms with Crippen LogP contribution in [0.2, 0.25) is 0 Å². The largest absolute Gasteiger partial charge is 0.463 e. The number of nitrogens with one attached hydrogen (secondary N) is 1. The molecule has 176 valence electrons. The van der Waals surface area contributed by atoms with Gasteiger partial charge in [0.15, 0.2) is 12.3 Å². The van der Waals surface area contributed by atoms with Gasteiger partial charge < -0.3 is 34.9 Å². The third-order valence-corrected chi connectivity index (χ3v) is 5.66. The van der Waals surface area contributed by atoms with Crippen molar-refractivity contribution in [1.82, 2.24) is 14.5 Å². The van der Waals surface area contributed by atoms with Crippen molar-refractivity contribution in [2.24, 2.45) is 5.73 Å². The highest BCUT2D eigenvalue weighted by molar-refractivity contribution is 6.13. The summed E-state index contributed by atoms with van der Waals surface area (Å²) in [6.45, 7) is 4.53. The van der Waals surface area contributed by atoms with Gasteiger partial charge in [0.25, 0.3) is 5.91 Å². The van der Waals surface area contributed by atoms with Gasteiger partial charge in [-0.05, 0) is 6.92 Å². The van der Waals surface area contributed by atoms with Gasteiger partial charge in [0, 0.05) is 36.4 Å². The zero-order chi connectivity index (χ0) is 23.9. The molecule has 1 unspecified atom stereocenters. The summed E-state index contributed by atoms with van der Waals surface area (Å²) in [6, 6.07) is 0. The number of anilines is 1. The number of hydrogen-bond donors (Lipinski definition) is 3. The highest BCUT2D eigenvalue weighted by Crippen LogP contribution is 2.43. The second kappa shape index (κ2) is 8.45. The normalized spacial score (nSPS) is 26.5. The average Bonchev–Trinajstić information content (AvgIpc) is 3.23. The Morgan fingerprint density at radius 3 is 2.73 bits per heavy atom. The number of aromatic nitrogens is 3. The van der Waals surface area contributed by atoms with Crippen molar-refractivity contribution in [3.63, 3.8) is 0 Å². The van der Waals surface area contributed by atoms with Crippen LogP contribution in [0.5, 0.6) is 0 Å². The monoisotopic (exact) mass is 459 g/mol. The van der Waals surface area contributed by atoms with E-state index in [-0.39, 0.29) is 31.0 Å². The Labute approximate surface area is 188 Å². The molecule has 12 nitrogen and oxygen atoms in total. The molecule has 0 aliphatic carbocycles. The van der Waals surface area contributed by atoms with E-state index in [1.807, 2.05) is 0 Å². The van der Waals surface area contributed by atoms with Crippen molar-refractivity contribution in [3.05, 3.63) is 24.2 Å². The first-order valence-electron chi connectivity index (χ1n) is 10.5. The molecule has 4 heterocycles. The van der Waals surface area contributed by atoms with Gasteiger partial charge >= 0.3 is 11.9 Å². The number of aliphatic hydroxyl groups is 1. The Balaban J connectivity index is 1.78. The van der Waals surface area contributed by atoms with Gasteiger partial charge in [0.2, 0.25) is 0 Å². The minimum Gasteiger partial charge on any atom is -0.463 e. The molecule has 0 spiro atoms. The van der Waals surface area contributed by atoms with Crippen molar-refractivity contribution in [1.29, 1.82) is 0 Å². The maximum atomic E-state index is 12.1. The number of nitrogens with zero attached hydrogens (tertiary/aromatic N) is 3. The van der Waals surface area contributed by atoms with E-state index in [2.05, 4.69) is 15.3 Å². The number of ether oxygens (including phenoxy) is 3. The minimum atomic E-state index is -1.73. The number of hydrogen-bond acceptors (Lipinski definition) is 10. The average molecular weight is 459 g/mol. The summed E-state index contributed by atoms with van der Waals surface area (Å²) in [6.07, 6.45) is 1.20. The first kappa shape index (κ1) is 22.7. The molecule has 0 aromatic carbocycles. The number of rotatable bonds is 6. The molecule has 2 aliphatic heterocycles. The SMILES string of the molecule is CCC(=O)OC[C@H]1O[C@@H](n2cc3c4c(ncnc42)NC(=O)C=C3N)C(C)(O)[C@@H]1OC(=O)CC. The predicted molar refractivity (Wildman–Crippen MR) is 114 cm³/mol. The van der Waals surface area contributed by atoms with E-state index >= 15 is 0 Å². The zero-order valence-electron chi connectivity index (χ0n) is 18.4. The van der Waals surface area contributed by atoms with E-state index in [1.165, 1.54) is 19.3 Å². The van der Waals surface area contributed by atoms with Gasteiger partial charge in [-0.1, -0.05) is 13.8 Å². The molecule has 0 radical (unpaired) electrons. The fraction of sp³-hybridized carbons (Fsp3) is 0.476. The van der Waals surface area contributed by atoms with E-state index in [4.69, 9.17) is 19.9 Å². The molecule has 0 saturated carbocycles. The number of carbonyl (C=O) groups is 3. The molecule has 1 amide bonds. The molecular weight excluding hydrogens is 434 g/mol. The standard InChI is InChI=1S/C21H25N5O7/c1-4-14(28)31-8-12-17(33-15(29)5-2)21(3,30)20(32-12)26-7-10-11(22)6-13(27)25-18-16(10)19(26)24-9-23-18/h6-7,9,12,17,20,30H,4-5,8,22H2,1-3H3,(H,23,24,25,27)/t12-,17-,20-,21?/m1/s1. The smallest absolute Gasteiger partial charge is 0.305 e. The van der Waals surface area contributed by atoms with Crippen molar-refractivity contribution in [2.45, 2.75) is 57.6 Å². The molecule has 4 atom stereocenters. The van der Waals surface area contributed by atoms with Crippen LogP contribution in [0.25, 0.3) is 16.7 Å². The molecule has 33 heavy (non-hydrogen) atoms. The summed E-state index contributed by atoms with van der Waals surface area (Å²) in [5.41, 5.74) is 5.38. The summed E-state index contributed by atoms with van der Waals surface area (Å²) in [5.74, 6) is -1.16. The van der Waals surface area contributed by atoms with Crippen LogP contribution in [-0.4, -0.2) is 61.9 Å². The van der Waals surface area contributed by atoms with Gasteiger partial charge in [0.05, 0.1) is 5.39 Å². The number of carbonyl (C=O) groups excluding carboxylic acids is 3. The van der Waals surface area contributed by atoms with Crippen LogP contribution in [0.1, 0.15) is 45.4 Å². The van der Waals surface area contributed by atoms with Gasteiger partial charge in [-0.3, -0.25) is 14.4 Å².